The lowest BCUT2D eigenvalue weighted by Crippen LogP contribution is -2.54. The van der Waals surface area contributed by atoms with Gasteiger partial charge in [0.1, 0.15) is 12.6 Å². The Morgan fingerprint density at radius 3 is 2.08 bits per heavy atom. The van der Waals surface area contributed by atoms with E-state index in [1.54, 1.807) is 0 Å². The highest BCUT2D eigenvalue weighted by molar-refractivity contribution is 5.86. The van der Waals surface area contributed by atoms with E-state index in [4.69, 9.17) is 4.74 Å². The summed E-state index contributed by atoms with van der Waals surface area (Å²) in [6, 6.07) is 14.0. The van der Waals surface area contributed by atoms with Gasteiger partial charge in [-0.05, 0) is 41.0 Å². The third-order valence-electron chi connectivity index (χ3n) is 7.20. The van der Waals surface area contributed by atoms with Crippen LogP contribution >= 0.6 is 0 Å². The second-order valence-electron chi connectivity index (χ2n) is 10.4. The van der Waals surface area contributed by atoms with Crippen molar-refractivity contribution in [3.8, 4) is 11.1 Å². The molecule has 4 amide bonds. The largest absolute Gasteiger partial charge is 0.464 e. The number of carboxylic acid groups (broad SMARTS) is 2. The number of hydrazine groups is 1. The standard InChI is InChI=1S/C28H34N4O8/c1-16(2)13-23(25(34)29-22-11-12-31(27(36)37)32(28(38)39)14-24(22)33)30-26(35)40-15-21-19-9-5-3-7-17(19)18-8-4-6-10-20(18)21/h3-10,16,21-24,33H,11-15H2,1-2H3,(H,29,34)(H,30,35)(H,36,37)(H,38,39)/t22?,23-,24?/m0/s1. The summed E-state index contributed by atoms with van der Waals surface area (Å²) >= 11 is 0. The molecule has 1 aliphatic heterocycles. The highest BCUT2D eigenvalue weighted by Gasteiger charge is 2.37. The van der Waals surface area contributed by atoms with Crippen molar-refractivity contribution in [1.29, 1.82) is 0 Å². The van der Waals surface area contributed by atoms with Crippen LogP contribution in [0.25, 0.3) is 11.1 Å². The fourth-order valence-corrected chi connectivity index (χ4v) is 5.29. The molecule has 0 saturated carbocycles. The first-order valence-electron chi connectivity index (χ1n) is 13.2. The van der Waals surface area contributed by atoms with Crippen LogP contribution in [0.4, 0.5) is 14.4 Å². The SMILES string of the molecule is CC(C)C[C@H](NC(=O)OCC1c2ccccc2-c2ccccc21)C(=O)NC1CCN(C(=O)O)N(C(=O)O)CC1O. The van der Waals surface area contributed by atoms with Gasteiger partial charge in [-0.25, -0.2) is 24.4 Å². The third-order valence-corrected chi connectivity index (χ3v) is 7.20. The third kappa shape index (κ3) is 6.28. The van der Waals surface area contributed by atoms with Crippen LogP contribution in [0.15, 0.2) is 48.5 Å². The van der Waals surface area contributed by atoms with Crippen molar-refractivity contribution in [2.24, 2.45) is 5.92 Å². The molecule has 2 aliphatic rings. The van der Waals surface area contributed by atoms with Gasteiger partial charge in [0.25, 0.3) is 0 Å². The molecule has 214 valence electrons. The highest BCUT2D eigenvalue weighted by Crippen LogP contribution is 2.44. The molecule has 1 fully saturated rings. The number of fused-ring (bicyclic) bond motifs is 3. The molecule has 12 heteroatoms. The lowest BCUT2D eigenvalue weighted by Gasteiger charge is -2.28. The van der Waals surface area contributed by atoms with E-state index in [-0.39, 0.29) is 37.8 Å². The summed E-state index contributed by atoms with van der Waals surface area (Å²) in [6.45, 7) is 3.05. The summed E-state index contributed by atoms with van der Waals surface area (Å²) in [5, 5.41) is 35.7. The fourth-order valence-electron chi connectivity index (χ4n) is 5.29. The Kier molecular flexibility index (Phi) is 8.78. The second kappa shape index (κ2) is 12.2. The van der Waals surface area contributed by atoms with Crippen molar-refractivity contribution < 1.29 is 39.2 Å². The molecule has 1 aliphatic carbocycles. The second-order valence-corrected chi connectivity index (χ2v) is 10.4. The Labute approximate surface area is 231 Å². The highest BCUT2D eigenvalue weighted by atomic mass is 16.5. The zero-order valence-electron chi connectivity index (χ0n) is 22.3. The molecular formula is C28H34N4O8. The number of rotatable bonds is 7. The number of amides is 4. The van der Waals surface area contributed by atoms with Crippen LogP contribution in [0.1, 0.15) is 43.7 Å². The molecule has 1 heterocycles. The number of hydrogen-bond donors (Lipinski definition) is 5. The number of benzene rings is 2. The summed E-state index contributed by atoms with van der Waals surface area (Å²) in [5.41, 5.74) is 4.30. The van der Waals surface area contributed by atoms with E-state index in [1.807, 2.05) is 62.4 Å². The molecule has 0 aromatic heterocycles. The maximum absolute atomic E-state index is 13.2. The summed E-state index contributed by atoms with van der Waals surface area (Å²) in [6.07, 6.45) is -4.90. The molecule has 0 radical (unpaired) electrons. The Bertz CT molecular complexity index is 1220. The van der Waals surface area contributed by atoms with Gasteiger partial charge in [0.2, 0.25) is 5.91 Å². The molecular weight excluding hydrogens is 520 g/mol. The minimum Gasteiger partial charge on any atom is -0.464 e. The van der Waals surface area contributed by atoms with E-state index in [2.05, 4.69) is 10.6 Å². The van der Waals surface area contributed by atoms with E-state index >= 15 is 0 Å². The van der Waals surface area contributed by atoms with E-state index in [0.717, 1.165) is 22.3 Å². The summed E-state index contributed by atoms with van der Waals surface area (Å²) in [4.78, 5) is 49.1. The minimum atomic E-state index is -1.54. The quantitative estimate of drug-likeness (QED) is 0.348. The van der Waals surface area contributed by atoms with Gasteiger partial charge in [-0.15, -0.1) is 0 Å². The van der Waals surface area contributed by atoms with Crippen LogP contribution in [0.2, 0.25) is 0 Å². The lowest BCUT2D eigenvalue weighted by molar-refractivity contribution is -0.125. The molecule has 2 unspecified atom stereocenters. The number of nitrogens with zero attached hydrogens (tertiary/aromatic N) is 2. The minimum absolute atomic E-state index is 0.0219. The van der Waals surface area contributed by atoms with Crippen molar-refractivity contribution in [2.75, 3.05) is 19.7 Å². The van der Waals surface area contributed by atoms with E-state index in [9.17, 15) is 34.5 Å². The molecule has 2 aromatic rings. The van der Waals surface area contributed by atoms with E-state index in [0.29, 0.717) is 10.0 Å². The van der Waals surface area contributed by atoms with Crippen molar-refractivity contribution >= 4 is 24.2 Å². The lowest BCUT2D eigenvalue weighted by atomic mass is 9.98. The Morgan fingerprint density at radius 1 is 0.950 bits per heavy atom. The zero-order chi connectivity index (χ0) is 29.0. The van der Waals surface area contributed by atoms with Gasteiger partial charge < -0.3 is 30.7 Å². The topological polar surface area (TPSA) is 169 Å². The van der Waals surface area contributed by atoms with Gasteiger partial charge in [-0.1, -0.05) is 62.4 Å². The van der Waals surface area contributed by atoms with Gasteiger partial charge in [0, 0.05) is 12.5 Å². The molecule has 0 bridgehead atoms. The van der Waals surface area contributed by atoms with Crippen LogP contribution < -0.4 is 10.6 Å². The van der Waals surface area contributed by atoms with E-state index < -0.39 is 48.9 Å². The summed E-state index contributed by atoms with van der Waals surface area (Å²) in [5.74, 6) is -0.711. The number of nitrogens with one attached hydrogen (secondary N) is 2. The molecule has 2 aromatic carbocycles. The molecule has 3 atom stereocenters. The van der Waals surface area contributed by atoms with E-state index in [1.165, 1.54) is 0 Å². The maximum Gasteiger partial charge on any atom is 0.426 e. The van der Waals surface area contributed by atoms with Crippen LogP contribution in [0, 0.1) is 5.92 Å². The molecule has 1 saturated heterocycles. The Morgan fingerprint density at radius 2 is 1.52 bits per heavy atom. The molecule has 40 heavy (non-hydrogen) atoms. The van der Waals surface area contributed by atoms with Gasteiger partial charge in [0.15, 0.2) is 0 Å². The average Bonchev–Trinajstić information content (AvgIpc) is 3.12. The number of alkyl carbamates (subject to hydrolysis) is 1. The Hall–Kier alpha value is -4.32. The molecule has 4 rings (SSSR count). The van der Waals surface area contributed by atoms with Crippen molar-refractivity contribution in [3.05, 3.63) is 59.7 Å². The normalized spacial score (nSPS) is 19.3. The first-order valence-corrected chi connectivity index (χ1v) is 13.2. The van der Waals surface area contributed by atoms with Crippen LogP contribution in [-0.2, 0) is 9.53 Å². The van der Waals surface area contributed by atoms with Gasteiger partial charge >= 0.3 is 18.3 Å². The molecule has 5 N–H and O–H groups in total. The zero-order valence-corrected chi connectivity index (χ0v) is 22.3. The number of hydrogen-bond acceptors (Lipinski definition) is 6. The number of carbonyl (C=O) groups is 4. The maximum atomic E-state index is 13.2. The van der Waals surface area contributed by atoms with Crippen molar-refractivity contribution in [1.82, 2.24) is 20.7 Å². The number of β-amino-alcohol motifs (C(OH)–C–C–N with tert-alkyl or cyclic N) is 1. The smallest absolute Gasteiger partial charge is 0.426 e. The predicted octanol–water partition coefficient (Wildman–Crippen LogP) is 3.06. The molecule has 12 nitrogen and oxygen atoms in total. The number of aliphatic hydroxyl groups excluding tert-OH is 1. The average molecular weight is 555 g/mol. The molecule has 0 spiro atoms. The van der Waals surface area contributed by atoms with Crippen molar-refractivity contribution in [2.45, 2.75) is 50.8 Å². The first kappa shape index (κ1) is 28.7. The monoisotopic (exact) mass is 554 g/mol. The van der Waals surface area contributed by atoms with Gasteiger partial charge in [-0.2, -0.15) is 0 Å². The van der Waals surface area contributed by atoms with Gasteiger partial charge in [0.05, 0.1) is 18.7 Å². The van der Waals surface area contributed by atoms with Crippen LogP contribution in [0.3, 0.4) is 0 Å². The van der Waals surface area contributed by atoms with Crippen LogP contribution in [0.5, 0.6) is 0 Å². The first-order chi connectivity index (χ1) is 19.1. The van der Waals surface area contributed by atoms with Gasteiger partial charge in [-0.3, -0.25) is 4.79 Å². The Balaban J connectivity index is 1.40. The van der Waals surface area contributed by atoms with Crippen LogP contribution in [-0.4, -0.2) is 87.4 Å². The summed E-state index contributed by atoms with van der Waals surface area (Å²) in [7, 11) is 0. The summed E-state index contributed by atoms with van der Waals surface area (Å²) < 4.78 is 5.59. The predicted molar refractivity (Wildman–Crippen MR) is 143 cm³/mol. The number of carbonyl (C=O) groups excluding carboxylic acids is 2. The number of aliphatic hydroxyl groups is 1. The van der Waals surface area contributed by atoms with Crippen molar-refractivity contribution in [3.63, 3.8) is 0 Å². The number of ether oxygens (including phenoxy) is 1. The fraction of sp³-hybridized carbons (Fsp3) is 0.429.